The van der Waals surface area contributed by atoms with Gasteiger partial charge in [-0.15, -0.1) is 0 Å². The van der Waals surface area contributed by atoms with Gasteiger partial charge in [-0.2, -0.15) is 0 Å². The zero-order chi connectivity index (χ0) is 13.7. The minimum Gasteiger partial charge on any atom is -0.508 e. The summed E-state index contributed by atoms with van der Waals surface area (Å²) in [6.07, 6.45) is 4.77. The second kappa shape index (κ2) is 5.96. The van der Waals surface area contributed by atoms with E-state index in [1.165, 1.54) is 7.11 Å². The van der Waals surface area contributed by atoms with Gasteiger partial charge in [0.15, 0.2) is 11.5 Å². The molecule has 0 aliphatic carbocycles. The van der Waals surface area contributed by atoms with Crippen molar-refractivity contribution in [2.24, 2.45) is 0 Å². The van der Waals surface area contributed by atoms with E-state index in [9.17, 15) is 10.2 Å². The first kappa shape index (κ1) is 13.0. The molecule has 3 heteroatoms. The minimum absolute atomic E-state index is 0.137. The molecule has 3 nitrogen and oxygen atoms in total. The molecule has 2 aromatic carbocycles. The van der Waals surface area contributed by atoms with Gasteiger partial charge in [0.1, 0.15) is 5.75 Å². The van der Waals surface area contributed by atoms with E-state index in [2.05, 4.69) is 0 Å². The summed E-state index contributed by atoms with van der Waals surface area (Å²) < 4.78 is 5.05. The van der Waals surface area contributed by atoms with Gasteiger partial charge in [0, 0.05) is 0 Å². The Balaban J connectivity index is 2.04. The van der Waals surface area contributed by atoms with Gasteiger partial charge in [-0.1, -0.05) is 30.4 Å². The van der Waals surface area contributed by atoms with Gasteiger partial charge < -0.3 is 14.9 Å². The first-order valence-corrected chi connectivity index (χ1v) is 6.00. The predicted octanol–water partition coefficient (Wildman–Crippen LogP) is 3.36. The van der Waals surface area contributed by atoms with E-state index in [0.717, 1.165) is 17.5 Å². The van der Waals surface area contributed by atoms with Crippen LogP contribution in [0.4, 0.5) is 0 Å². The van der Waals surface area contributed by atoms with E-state index < -0.39 is 0 Å². The number of rotatable bonds is 4. The second-order valence-electron chi connectivity index (χ2n) is 4.20. The van der Waals surface area contributed by atoms with E-state index in [4.69, 9.17) is 4.74 Å². The first-order valence-electron chi connectivity index (χ1n) is 6.00. The molecule has 0 aliphatic rings. The van der Waals surface area contributed by atoms with Crippen molar-refractivity contribution in [3.05, 3.63) is 59.7 Å². The highest BCUT2D eigenvalue weighted by Gasteiger charge is 2.00. The number of phenols is 2. The predicted molar refractivity (Wildman–Crippen MR) is 75.5 cm³/mol. The second-order valence-corrected chi connectivity index (χ2v) is 4.20. The maximum Gasteiger partial charge on any atom is 0.161 e. The van der Waals surface area contributed by atoms with Crippen molar-refractivity contribution < 1.29 is 14.9 Å². The monoisotopic (exact) mass is 256 g/mol. The van der Waals surface area contributed by atoms with Crippen LogP contribution in [0.3, 0.4) is 0 Å². The van der Waals surface area contributed by atoms with Gasteiger partial charge >= 0.3 is 0 Å². The Kier molecular flexibility index (Phi) is 4.08. The number of aromatic hydroxyl groups is 2. The van der Waals surface area contributed by atoms with Crippen LogP contribution in [0.2, 0.25) is 0 Å². The highest BCUT2D eigenvalue weighted by Crippen LogP contribution is 2.26. The highest BCUT2D eigenvalue weighted by atomic mass is 16.5. The zero-order valence-corrected chi connectivity index (χ0v) is 10.7. The molecule has 0 amide bonds. The summed E-state index contributed by atoms with van der Waals surface area (Å²) in [6.45, 7) is 0. The first-order chi connectivity index (χ1) is 9.19. The summed E-state index contributed by atoms with van der Waals surface area (Å²) in [5.41, 5.74) is 2.09. The molecule has 19 heavy (non-hydrogen) atoms. The SMILES string of the molecule is COc1cc(/C=C/Cc2ccc(O)cc2)ccc1O. The molecule has 0 bridgehead atoms. The average molecular weight is 256 g/mol. The Morgan fingerprint density at radius 1 is 1.05 bits per heavy atom. The number of benzene rings is 2. The van der Waals surface area contributed by atoms with Crippen molar-refractivity contribution in [2.45, 2.75) is 6.42 Å². The van der Waals surface area contributed by atoms with Gasteiger partial charge in [-0.05, 0) is 41.8 Å². The third-order valence-corrected chi connectivity index (χ3v) is 2.80. The summed E-state index contributed by atoms with van der Waals surface area (Å²) in [4.78, 5) is 0. The average Bonchev–Trinajstić information content (AvgIpc) is 2.43. The maximum atomic E-state index is 9.49. The van der Waals surface area contributed by atoms with E-state index in [1.807, 2.05) is 30.4 Å². The fourth-order valence-electron chi connectivity index (χ4n) is 1.76. The quantitative estimate of drug-likeness (QED) is 0.881. The number of allylic oxidation sites excluding steroid dienone is 1. The fourth-order valence-corrected chi connectivity index (χ4v) is 1.76. The molecule has 2 aromatic rings. The van der Waals surface area contributed by atoms with Crippen molar-refractivity contribution in [1.29, 1.82) is 0 Å². The van der Waals surface area contributed by atoms with Crippen LogP contribution >= 0.6 is 0 Å². The Morgan fingerprint density at radius 3 is 2.47 bits per heavy atom. The lowest BCUT2D eigenvalue weighted by Gasteiger charge is -2.03. The summed E-state index contributed by atoms with van der Waals surface area (Å²) >= 11 is 0. The minimum atomic E-state index is 0.137. The fraction of sp³-hybridized carbons (Fsp3) is 0.125. The van der Waals surface area contributed by atoms with E-state index >= 15 is 0 Å². The molecular weight excluding hydrogens is 240 g/mol. The molecule has 0 aliphatic heterocycles. The Morgan fingerprint density at radius 2 is 1.79 bits per heavy atom. The number of phenolic OH excluding ortho intramolecular Hbond substituents is 2. The largest absolute Gasteiger partial charge is 0.508 e. The molecule has 0 spiro atoms. The Bertz CT molecular complexity index is 571. The van der Waals surface area contributed by atoms with Crippen LogP contribution in [0.1, 0.15) is 11.1 Å². The Hall–Kier alpha value is -2.42. The molecule has 98 valence electrons. The smallest absolute Gasteiger partial charge is 0.161 e. The van der Waals surface area contributed by atoms with E-state index in [1.54, 1.807) is 24.3 Å². The number of methoxy groups -OCH3 is 1. The zero-order valence-electron chi connectivity index (χ0n) is 10.7. The molecule has 0 saturated carbocycles. The van der Waals surface area contributed by atoms with Crippen LogP contribution in [-0.4, -0.2) is 17.3 Å². The van der Waals surface area contributed by atoms with Crippen molar-refractivity contribution in [3.8, 4) is 17.2 Å². The molecule has 2 rings (SSSR count). The lowest BCUT2D eigenvalue weighted by Crippen LogP contribution is -1.84. The highest BCUT2D eigenvalue weighted by molar-refractivity contribution is 5.55. The molecular formula is C16H16O3. The van der Waals surface area contributed by atoms with Crippen LogP contribution in [0.15, 0.2) is 48.5 Å². The van der Waals surface area contributed by atoms with Gasteiger partial charge in [-0.25, -0.2) is 0 Å². The normalized spacial score (nSPS) is 10.8. The molecule has 0 aromatic heterocycles. The number of hydrogen-bond acceptors (Lipinski definition) is 3. The lowest BCUT2D eigenvalue weighted by molar-refractivity contribution is 0.373. The van der Waals surface area contributed by atoms with Crippen molar-refractivity contribution >= 4 is 6.08 Å². The molecule has 0 fully saturated rings. The molecule has 0 saturated heterocycles. The third-order valence-electron chi connectivity index (χ3n) is 2.80. The molecule has 0 atom stereocenters. The van der Waals surface area contributed by atoms with Crippen LogP contribution in [-0.2, 0) is 6.42 Å². The molecule has 2 N–H and O–H groups in total. The molecule has 0 unspecified atom stereocenters. The van der Waals surface area contributed by atoms with Crippen LogP contribution in [0, 0.1) is 0 Å². The van der Waals surface area contributed by atoms with Gasteiger partial charge in [-0.3, -0.25) is 0 Å². The van der Waals surface area contributed by atoms with Crippen LogP contribution in [0.5, 0.6) is 17.2 Å². The standard InChI is InChI=1S/C16H16O3/c1-19-16-11-13(7-10-15(16)18)4-2-3-12-5-8-14(17)9-6-12/h2,4-11,17-18H,3H2,1H3/b4-2+. The van der Waals surface area contributed by atoms with Crippen LogP contribution < -0.4 is 4.74 Å². The van der Waals surface area contributed by atoms with Gasteiger partial charge in [0.25, 0.3) is 0 Å². The van der Waals surface area contributed by atoms with Crippen molar-refractivity contribution in [1.82, 2.24) is 0 Å². The van der Waals surface area contributed by atoms with Crippen molar-refractivity contribution in [2.75, 3.05) is 7.11 Å². The van der Waals surface area contributed by atoms with Crippen LogP contribution in [0.25, 0.3) is 6.08 Å². The van der Waals surface area contributed by atoms with Gasteiger partial charge in [0.05, 0.1) is 7.11 Å². The van der Waals surface area contributed by atoms with Gasteiger partial charge in [0.2, 0.25) is 0 Å². The van der Waals surface area contributed by atoms with E-state index in [0.29, 0.717) is 5.75 Å². The topological polar surface area (TPSA) is 49.7 Å². The van der Waals surface area contributed by atoms with E-state index in [-0.39, 0.29) is 11.5 Å². The summed E-state index contributed by atoms with van der Waals surface area (Å²) in [5, 5.41) is 18.7. The lowest BCUT2D eigenvalue weighted by atomic mass is 10.1. The molecule has 0 heterocycles. The molecule has 0 radical (unpaired) electrons. The number of hydrogen-bond donors (Lipinski definition) is 2. The summed E-state index contributed by atoms with van der Waals surface area (Å²) in [5.74, 6) is 0.876. The summed E-state index contributed by atoms with van der Waals surface area (Å²) in [6, 6.07) is 12.3. The maximum absolute atomic E-state index is 9.49. The third kappa shape index (κ3) is 3.52. The van der Waals surface area contributed by atoms with Crippen molar-refractivity contribution in [3.63, 3.8) is 0 Å². The Labute approximate surface area is 112 Å². The summed E-state index contributed by atoms with van der Waals surface area (Å²) in [7, 11) is 1.53. The number of ether oxygens (including phenoxy) is 1.